The summed E-state index contributed by atoms with van der Waals surface area (Å²) in [6.07, 6.45) is 8.74. The maximum Gasteiger partial charge on any atom is 0.144 e. The van der Waals surface area contributed by atoms with Crippen LogP contribution < -0.4 is 5.32 Å². The van der Waals surface area contributed by atoms with Gasteiger partial charge in [-0.1, -0.05) is 0 Å². The van der Waals surface area contributed by atoms with Gasteiger partial charge in [-0.3, -0.25) is 0 Å². The minimum atomic E-state index is 0.569. The van der Waals surface area contributed by atoms with Crippen molar-refractivity contribution in [2.45, 2.75) is 51.0 Å². The van der Waals surface area contributed by atoms with Gasteiger partial charge in [0.05, 0.1) is 5.56 Å². The Labute approximate surface area is 114 Å². The van der Waals surface area contributed by atoms with Gasteiger partial charge in [0, 0.05) is 11.7 Å². The van der Waals surface area contributed by atoms with E-state index in [1.165, 1.54) is 43.4 Å². The van der Waals surface area contributed by atoms with Gasteiger partial charge in [0.25, 0.3) is 0 Å². The van der Waals surface area contributed by atoms with Crippen molar-refractivity contribution >= 4 is 5.82 Å². The molecule has 2 saturated carbocycles. The van der Waals surface area contributed by atoms with Crippen LogP contribution >= 0.6 is 0 Å². The van der Waals surface area contributed by atoms with Gasteiger partial charge in [0.1, 0.15) is 11.9 Å². The fourth-order valence-electron chi connectivity index (χ4n) is 3.36. The summed E-state index contributed by atoms with van der Waals surface area (Å²) >= 11 is 0. The van der Waals surface area contributed by atoms with Crippen LogP contribution in [0.5, 0.6) is 0 Å². The molecule has 3 nitrogen and oxygen atoms in total. The molecule has 2 fully saturated rings. The van der Waals surface area contributed by atoms with Crippen LogP contribution in [0.3, 0.4) is 0 Å². The molecular formula is C16H19N3. The van der Waals surface area contributed by atoms with E-state index in [9.17, 15) is 5.26 Å². The Kier molecular flexibility index (Phi) is 2.51. The lowest BCUT2D eigenvalue weighted by atomic mass is 10.1. The van der Waals surface area contributed by atoms with Crippen LogP contribution in [0.4, 0.5) is 5.82 Å². The Bertz CT molecular complexity index is 538. The van der Waals surface area contributed by atoms with E-state index in [4.69, 9.17) is 4.98 Å². The molecule has 3 aliphatic carbocycles. The fourth-order valence-corrected chi connectivity index (χ4v) is 3.36. The largest absolute Gasteiger partial charge is 0.366 e. The van der Waals surface area contributed by atoms with E-state index in [-0.39, 0.29) is 0 Å². The lowest BCUT2D eigenvalue weighted by molar-refractivity contribution is 0.565. The molecule has 0 saturated heterocycles. The van der Waals surface area contributed by atoms with Crippen LogP contribution in [0.25, 0.3) is 0 Å². The zero-order chi connectivity index (χ0) is 12.8. The zero-order valence-electron chi connectivity index (χ0n) is 11.2. The maximum atomic E-state index is 9.34. The molecule has 0 atom stereocenters. The normalized spacial score (nSPS) is 21.3. The summed E-state index contributed by atoms with van der Waals surface area (Å²) < 4.78 is 0. The number of aryl methyl sites for hydroxylation is 2. The van der Waals surface area contributed by atoms with Gasteiger partial charge >= 0.3 is 0 Å². The third-order valence-corrected chi connectivity index (χ3v) is 4.73. The zero-order valence-corrected chi connectivity index (χ0v) is 11.2. The van der Waals surface area contributed by atoms with Gasteiger partial charge in [0.15, 0.2) is 0 Å². The van der Waals surface area contributed by atoms with Gasteiger partial charge < -0.3 is 5.32 Å². The van der Waals surface area contributed by atoms with E-state index in [1.807, 2.05) is 0 Å². The highest BCUT2D eigenvalue weighted by molar-refractivity contribution is 5.56. The van der Waals surface area contributed by atoms with Crippen molar-refractivity contribution in [2.75, 3.05) is 5.32 Å². The van der Waals surface area contributed by atoms with Crippen molar-refractivity contribution in [3.8, 4) is 6.07 Å². The molecule has 0 bridgehead atoms. The van der Waals surface area contributed by atoms with E-state index >= 15 is 0 Å². The van der Waals surface area contributed by atoms with Gasteiger partial charge in [-0.25, -0.2) is 4.98 Å². The molecule has 0 amide bonds. The van der Waals surface area contributed by atoms with Gasteiger partial charge in [-0.2, -0.15) is 5.26 Å². The van der Waals surface area contributed by atoms with Crippen LogP contribution in [0.2, 0.25) is 0 Å². The Hall–Kier alpha value is -1.56. The van der Waals surface area contributed by atoms with Crippen molar-refractivity contribution < 1.29 is 0 Å². The number of nitriles is 1. The Morgan fingerprint density at radius 2 is 1.95 bits per heavy atom. The van der Waals surface area contributed by atoms with Crippen molar-refractivity contribution in [1.29, 1.82) is 5.26 Å². The van der Waals surface area contributed by atoms with Gasteiger partial charge in [0.2, 0.25) is 0 Å². The molecule has 0 aliphatic heterocycles. The molecule has 3 aliphatic rings. The highest BCUT2D eigenvalue weighted by Gasteiger charge is 2.41. The smallest absolute Gasteiger partial charge is 0.144 e. The predicted molar refractivity (Wildman–Crippen MR) is 73.8 cm³/mol. The average molecular weight is 253 g/mol. The first-order valence-electron chi connectivity index (χ1n) is 7.54. The number of anilines is 1. The molecule has 1 N–H and O–H groups in total. The summed E-state index contributed by atoms with van der Waals surface area (Å²) in [5.74, 6) is 2.51. The molecule has 0 unspecified atom stereocenters. The van der Waals surface area contributed by atoms with Crippen molar-refractivity contribution in [3.63, 3.8) is 0 Å². The Morgan fingerprint density at radius 3 is 2.58 bits per heavy atom. The minimum Gasteiger partial charge on any atom is -0.366 e. The van der Waals surface area contributed by atoms with Crippen LogP contribution in [-0.4, -0.2) is 11.0 Å². The summed E-state index contributed by atoms with van der Waals surface area (Å²) in [4.78, 5) is 4.75. The van der Waals surface area contributed by atoms with Crippen molar-refractivity contribution in [2.24, 2.45) is 11.8 Å². The quantitative estimate of drug-likeness (QED) is 0.897. The lowest BCUT2D eigenvalue weighted by Crippen LogP contribution is -2.25. The SMILES string of the molecule is N#Cc1cc2c(nc1NC(C1CC1)C1CC1)CCC2. The van der Waals surface area contributed by atoms with Crippen molar-refractivity contribution in [3.05, 3.63) is 22.9 Å². The Balaban J connectivity index is 1.64. The first kappa shape index (κ1) is 11.3. The topological polar surface area (TPSA) is 48.7 Å². The summed E-state index contributed by atoms with van der Waals surface area (Å²) in [5.41, 5.74) is 3.25. The van der Waals surface area contributed by atoms with E-state index in [2.05, 4.69) is 17.5 Å². The van der Waals surface area contributed by atoms with Crippen molar-refractivity contribution in [1.82, 2.24) is 4.98 Å². The molecule has 1 heterocycles. The molecule has 0 aromatic carbocycles. The number of nitrogens with one attached hydrogen (secondary N) is 1. The second-order valence-electron chi connectivity index (χ2n) is 6.30. The summed E-state index contributed by atoms with van der Waals surface area (Å²) in [6.45, 7) is 0. The van der Waals surface area contributed by atoms with Crippen LogP contribution in [0, 0.1) is 23.2 Å². The maximum absolute atomic E-state index is 9.34. The highest BCUT2D eigenvalue weighted by atomic mass is 15.0. The third-order valence-electron chi connectivity index (χ3n) is 4.73. The number of aromatic nitrogens is 1. The summed E-state index contributed by atoms with van der Waals surface area (Å²) in [5, 5.41) is 13.0. The number of pyridine rings is 1. The van der Waals surface area contributed by atoms with Gasteiger partial charge in [-0.05, 0) is 68.4 Å². The first-order chi connectivity index (χ1) is 9.35. The number of hydrogen-bond donors (Lipinski definition) is 1. The molecule has 0 spiro atoms. The molecule has 3 heteroatoms. The first-order valence-corrected chi connectivity index (χ1v) is 7.54. The lowest BCUT2D eigenvalue weighted by Gasteiger charge is -2.19. The van der Waals surface area contributed by atoms with Gasteiger partial charge in [-0.15, -0.1) is 0 Å². The molecule has 0 radical (unpaired) electrons. The number of hydrogen-bond acceptors (Lipinski definition) is 3. The molecule has 98 valence electrons. The Morgan fingerprint density at radius 1 is 1.21 bits per heavy atom. The molecule has 1 aromatic rings. The average Bonchev–Trinajstić information content (AvgIpc) is 3.33. The second-order valence-corrected chi connectivity index (χ2v) is 6.30. The van der Waals surface area contributed by atoms with E-state index in [0.29, 0.717) is 6.04 Å². The standard InChI is InChI=1S/C16H19N3/c17-9-13-8-12-2-1-3-14(12)18-16(13)19-15(10-4-5-10)11-6-7-11/h8,10-11,15H,1-7H2,(H,18,19). The predicted octanol–water partition coefficient (Wildman–Crippen LogP) is 3.04. The van der Waals surface area contributed by atoms with Crippen LogP contribution in [-0.2, 0) is 12.8 Å². The fraction of sp³-hybridized carbons (Fsp3) is 0.625. The summed E-state index contributed by atoms with van der Waals surface area (Å²) in [6, 6.07) is 4.96. The molecule has 1 aromatic heterocycles. The van der Waals surface area contributed by atoms with E-state index < -0.39 is 0 Å². The van der Waals surface area contributed by atoms with Crippen LogP contribution in [0.15, 0.2) is 6.07 Å². The minimum absolute atomic E-state index is 0.569. The monoisotopic (exact) mass is 253 g/mol. The van der Waals surface area contributed by atoms with Crippen LogP contribution in [0.1, 0.15) is 48.9 Å². The molecule has 4 rings (SSSR count). The molecule has 19 heavy (non-hydrogen) atoms. The highest BCUT2D eigenvalue weighted by Crippen LogP contribution is 2.46. The number of fused-ring (bicyclic) bond motifs is 1. The second kappa shape index (κ2) is 4.23. The third kappa shape index (κ3) is 2.10. The summed E-state index contributed by atoms with van der Waals surface area (Å²) in [7, 11) is 0. The van der Waals surface area contributed by atoms with E-state index in [0.717, 1.165) is 36.1 Å². The van der Waals surface area contributed by atoms with E-state index in [1.54, 1.807) is 0 Å². The number of rotatable bonds is 4. The number of nitrogens with zero attached hydrogens (tertiary/aromatic N) is 2. The molecular weight excluding hydrogens is 234 g/mol.